The number of nitrogens with zero attached hydrogens (tertiary/aromatic N) is 4. The number of benzene rings is 3. The fraction of sp³-hybridized carbons (Fsp3) is 0.154. The quantitative estimate of drug-likeness (QED) is 0.401. The van der Waals surface area contributed by atoms with Crippen LogP contribution in [0.15, 0.2) is 71.3 Å². The number of hydrogen-bond donors (Lipinski definition) is 1. The van der Waals surface area contributed by atoms with Crippen molar-refractivity contribution < 1.29 is 18.8 Å². The zero-order chi connectivity index (χ0) is 23.8. The number of hydrogen-bond acceptors (Lipinski definition) is 7. The first-order valence-electron chi connectivity index (χ1n) is 11.2. The number of fused-ring (bicyclic) bond motifs is 2. The fourth-order valence-corrected chi connectivity index (χ4v) is 4.07. The molecule has 0 unspecified atom stereocenters. The van der Waals surface area contributed by atoms with Gasteiger partial charge in [-0.2, -0.15) is 10.1 Å². The monoisotopic (exact) mass is 467 g/mol. The van der Waals surface area contributed by atoms with Crippen molar-refractivity contribution in [1.29, 1.82) is 0 Å². The molecule has 0 saturated heterocycles. The Kier molecular flexibility index (Phi) is 5.14. The van der Waals surface area contributed by atoms with Gasteiger partial charge in [-0.15, -0.1) is 0 Å². The average molecular weight is 467 g/mol. The van der Waals surface area contributed by atoms with Gasteiger partial charge in [0.2, 0.25) is 18.5 Å². The number of carbonyl (C=O) groups is 1. The maximum absolute atomic E-state index is 12.8. The zero-order valence-corrected chi connectivity index (χ0v) is 18.9. The van der Waals surface area contributed by atoms with Crippen molar-refractivity contribution in [2.45, 2.75) is 20.0 Å². The van der Waals surface area contributed by atoms with Gasteiger partial charge < -0.3 is 19.3 Å². The first-order chi connectivity index (χ1) is 17.1. The Bertz CT molecular complexity index is 1550. The predicted molar refractivity (Wildman–Crippen MR) is 128 cm³/mol. The Morgan fingerprint density at radius 2 is 1.91 bits per heavy atom. The van der Waals surface area contributed by atoms with E-state index in [9.17, 15) is 4.79 Å². The topological polar surface area (TPSA) is 104 Å². The minimum Gasteiger partial charge on any atom is -0.454 e. The third-order valence-electron chi connectivity index (χ3n) is 5.78. The third kappa shape index (κ3) is 4.08. The van der Waals surface area contributed by atoms with E-state index in [1.165, 1.54) is 0 Å². The van der Waals surface area contributed by atoms with Crippen molar-refractivity contribution in [3.63, 3.8) is 0 Å². The van der Waals surface area contributed by atoms with Gasteiger partial charge in [0.15, 0.2) is 17.2 Å². The molecule has 0 saturated carbocycles. The fourth-order valence-electron chi connectivity index (χ4n) is 4.07. The Hall–Kier alpha value is -4.66. The summed E-state index contributed by atoms with van der Waals surface area (Å²) in [6, 6.07) is 21.2. The molecular weight excluding hydrogens is 446 g/mol. The van der Waals surface area contributed by atoms with Gasteiger partial charge in [-0.1, -0.05) is 53.2 Å². The molecule has 0 spiro atoms. The van der Waals surface area contributed by atoms with Crippen LogP contribution in [0.2, 0.25) is 0 Å². The molecule has 0 fully saturated rings. The Morgan fingerprint density at radius 1 is 1.03 bits per heavy atom. The van der Waals surface area contributed by atoms with Crippen LogP contribution in [0.5, 0.6) is 11.5 Å². The number of rotatable bonds is 6. The van der Waals surface area contributed by atoms with Crippen LogP contribution in [0.3, 0.4) is 0 Å². The predicted octanol–water partition coefficient (Wildman–Crippen LogP) is 4.11. The second kappa shape index (κ2) is 8.60. The van der Waals surface area contributed by atoms with Gasteiger partial charge in [-0.3, -0.25) is 9.48 Å². The maximum atomic E-state index is 12.8. The lowest BCUT2D eigenvalue weighted by Gasteiger charge is -2.07. The molecule has 0 atom stereocenters. The first-order valence-corrected chi connectivity index (χ1v) is 11.2. The summed E-state index contributed by atoms with van der Waals surface area (Å²) in [6.45, 7) is 2.64. The highest BCUT2D eigenvalue weighted by molar-refractivity contribution is 5.92. The summed E-state index contributed by atoms with van der Waals surface area (Å²) >= 11 is 0. The van der Waals surface area contributed by atoms with Crippen molar-refractivity contribution in [3.8, 4) is 34.5 Å². The number of para-hydroxylation sites is 1. The molecule has 6 rings (SSSR count). The molecule has 9 nitrogen and oxygen atoms in total. The molecule has 0 radical (unpaired) electrons. The SMILES string of the molecule is Cc1cccc(-c2noc(-c3nn(CC(=O)NCc4ccc5c(c4)OCO5)c4ccccc34)n2)c1. The van der Waals surface area contributed by atoms with E-state index >= 15 is 0 Å². The molecule has 3 aromatic carbocycles. The highest BCUT2D eigenvalue weighted by Gasteiger charge is 2.20. The summed E-state index contributed by atoms with van der Waals surface area (Å²) in [6.07, 6.45) is 0. The van der Waals surface area contributed by atoms with Gasteiger partial charge in [0, 0.05) is 17.5 Å². The van der Waals surface area contributed by atoms with Crippen LogP contribution in [0.25, 0.3) is 33.9 Å². The van der Waals surface area contributed by atoms with E-state index in [1.54, 1.807) is 4.68 Å². The average Bonchev–Trinajstić information content (AvgIpc) is 3.61. The number of ether oxygens (including phenoxy) is 2. The minimum atomic E-state index is -0.173. The van der Waals surface area contributed by atoms with Crippen LogP contribution >= 0.6 is 0 Å². The van der Waals surface area contributed by atoms with Gasteiger partial charge in [0.25, 0.3) is 5.89 Å². The molecule has 2 aromatic heterocycles. The maximum Gasteiger partial charge on any atom is 0.279 e. The smallest absolute Gasteiger partial charge is 0.279 e. The molecule has 5 aromatic rings. The Labute approximate surface area is 200 Å². The number of aromatic nitrogens is 4. The summed E-state index contributed by atoms with van der Waals surface area (Å²) in [5.74, 6) is 2.01. The molecule has 1 aliphatic heterocycles. The van der Waals surface area contributed by atoms with Crippen LogP contribution < -0.4 is 14.8 Å². The van der Waals surface area contributed by atoms with Gasteiger partial charge in [-0.25, -0.2) is 0 Å². The lowest BCUT2D eigenvalue weighted by molar-refractivity contribution is -0.121. The number of amides is 1. The van der Waals surface area contributed by atoms with Gasteiger partial charge in [0.05, 0.1) is 5.52 Å². The van der Waals surface area contributed by atoms with Crippen LogP contribution in [-0.2, 0) is 17.9 Å². The van der Waals surface area contributed by atoms with Crippen molar-refractivity contribution in [2.75, 3.05) is 6.79 Å². The molecule has 0 aliphatic carbocycles. The minimum absolute atomic E-state index is 0.0456. The molecular formula is C26H21N5O4. The first kappa shape index (κ1) is 20.9. The standard InChI is InChI=1S/C26H21N5O4/c1-16-5-4-6-18(11-16)25-28-26(35-30-25)24-19-7-2-3-8-20(19)31(29-24)14-23(32)27-13-17-9-10-21-22(12-17)34-15-33-21/h2-12H,13-15H2,1H3,(H,27,32). The second-order valence-electron chi connectivity index (χ2n) is 8.28. The van der Waals surface area contributed by atoms with Gasteiger partial charge in [-0.05, 0) is 36.8 Å². The molecule has 1 aliphatic rings. The summed E-state index contributed by atoms with van der Waals surface area (Å²) < 4.78 is 17.9. The van der Waals surface area contributed by atoms with Crippen LogP contribution in [0, 0.1) is 6.92 Å². The highest BCUT2D eigenvalue weighted by Crippen LogP contribution is 2.32. The molecule has 9 heteroatoms. The number of aryl methyl sites for hydroxylation is 1. The van der Waals surface area contributed by atoms with Crippen LogP contribution in [-0.4, -0.2) is 32.6 Å². The van der Waals surface area contributed by atoms with Crippen LogP contribution in [0.1, 0.15) is 11.1 Å². The third-order valence-corrected chi connectivity index (χ3v) is 5.78. The van der Waals surface area contributed by atoms with Crippen LogP contribution in [0.4, 0.5) is 0 Å². The normalized spacial score (nSPS) is 12.3. The molecule has 174 valence electrons. The molecule has 1 N–H and O–H groups in total. The van der Waals surface area contributed by atoms with Gasteiger partial charge >= 0.3 is 0 Å². The van der Waals surface area contributed by atoms with Crippen molar-refractivity contribution >= 4 is 16.8 Å². The van der Waals surface area contributed by atoms with E-state index in [4.69, 9.17) is 14.0 Å². The van der Waals surface area contributed by atoms with E-state index in [0.29, 0.717) is 35.5 Å². The summed E-state index contributed by atoms with van der Waals surface area (Å²) in [5.41, 5.74) is 4.23. The number of carbonyl (C=O) groups excluding carboxylic acids is 1. The molecule has 35 heavy (non-hydrogen) atoms. The zero-order valence-electron chi connectivity index (χ0n) is 18.9. The number of nitrogens with one attached hydrogen (secondary N) is 1. The van der Waals surface area contributed by atoms with E-state index in [-0.39, 0.29) is 19.2 Å². The molecule has 0 bridgehead atoms. The lowest BCUT2D eigenvalue weighted by Crippen LogP contribution is -2.27. The molecule has 3 heterocycles. The van der Waals surface area contributed by atoms with E-state index in [0.717, 1.165) is 27.6 Å². The second-order valence-corrected chi connectivity index (χ2v) is 8.28. The molecule has 1 amide bonds. The van der Waals surface area contributed by atoms with Crippen molar-refractivity contribution in [3.05, 3.63) is 77.9 Å². The largest absolute Gasteiger partial charge is 0.454 e. The summed E-state index contributed by atoms with van der Waals surface area (Å²) in [4.78, 5) is 17.3. The summed E-state index contributed by atoms with van der Waals surface area (Å²) in [7, 11) is 0. The van der Waals surface area contributed by atoms with E-state index in [1.807, 2.05) is 73.7 Å². The van der Waals surface area contributed by atoms with Crippen molar-refractivity contribution in [2.24, 2.45) is 0 Å². The Morgan fingerprint density at radius 3 is 2.83 bits per heavy atom. The van der Waals surface area contributed by atoms with Gasteiger partial charge in [0.1, 0.15) is 6.54 Å². The van der Waals surface area contributed by atoms with Crippen molar-refractivity contribution in [1.82, 2.24) is 25.2 Å². The van der Waals surface area contributed by atoms with E-state index < -0.39 is 0 Å². The highest BCUT2D eigenvalue weighted by atomic mass is 16.7. The Balaban J connectivity index is 1.23. The lowest BCUT2D eigenvalue weighted by atomic mass is 10.1. The summed E-state index contributed by atoms with van der Waals surface area (Å²) in [5, 5.41) is 12.5. The van der Waals surface area contributed by atoms with E-state index in [2.05, 4.69) is 20.6 Å².